The molecule has 0 saturated carbocycles. The lowest BCUT2D eigenvalue weighted by molar-refractivity contribution is 0.0699. The largest absolute Gasteiger partial charge is 0.337 e. The molecule has 4 heterocycles. The second-order valence-corrected chi connectivity index (χ2v) is 6.45. The first-order chi connectivity index (χ1) is 12.7. The third-order valence-electron chi connectivity index (χ3n) is 4.74. The van der Waals surface area contributed by atoms with Gasteiger partial charge in [-0.2, -0.15) is 0 Å². The van der Waals surface area contributed by atoms with Crippen molar-refractivity contribution in [3.63, 3.8) is 0 Å². The molecule has 132 valence electrons. The first-order valence-corrected chi connectivity index (χ1v) is 8.75. The van der Waals surface area contributed by atoms with Crippen LogP contribution < -0.4 is 0 Å². The van der Waals surface area contributed by atoms with E-state index in [4.69, 9.17) is 4.98 Å². The number of aromatic nitrogens is 5. The third kappa shape index (κ3) is 3.20. The first kappa shape index (κ1) is 16.4. The number of pyridine rings is 1. The van der Waals surface area contributed by atoms with Crippen LogP contribution in [-0.4, -0.2) is 48.4 Å². The lowest BCUT2D eigenvalue weighted by Gasteiger charge is -2.32. The summed E-state index contributed by atoms with van der Waals surface area (Å²) in [5.41, 5.74) is 1.40. The van der Waals surface area contributed by atoms with E-state index in [1.54, 1.807) is 18.6 Å². The lowest BCUT2D eigenvalue weighted by atomic mass is 9.94. The van der Waals surface area contributed by atoms with Crippen molar-refractivity contribution in [1.82, 2.24) is 29.4 Å². The molecule has 26 heavy (non-hydrogen) atoms. The Hall–Kier alpha value is -3.09. The highest BCUT2D eigenvalue weighted by atomic mass is 16.2. The van der Waals surface area contributed by atoms with Crippen LogP contribution in [0.3, 0.4) is 0 Å². The Morgan fingerprint density at radius 3 is 2.88 bits per heavy atom. The number of carbonyl (C=O) groups is 1. The van der Waals surface area contributed by atoms with E-state index in [1.165, 1.54) is 6.20 Å². The topological polar surface area (TPSA) is 76.8 Å². The van der Waals surface area contributed by atoms with Gasteiger partial charge in [-0.3, -0.25) is 14.3 Å². The van der Waals surface area contributed by atoms with E-state index in [1.807, 2.05) is 40.8 Å². The molecule has 0 aliphatic carbocycles. The van der Waals surface area contributed by atoms with Gasteiger partial charge in [0.25, 0.3) is 5.91 Å². The minimum atomic E-state index is -0.0654. The molecule has 1 aliphatic heterocycles. The molecular weight excluding hydrogens is 328 g/mol. The highest BCUT2D eigenvalue weighted by Crippen LogP contribution is 2.27. The summed E-state index contributed by atoms with van der Waals surface area (Å²) >= 11 is 0. The van der Waals surface area contributed by atoms with Gasteiger partial charge >= 0.3 is 0 Å². The molecule has 1 atom stereocenters. The summed E-state index contributed by atoms with van der Waals surface area (Å²) in [4.78, 5) is 31.7. The van der Waals surface area contributed by atoms with E-state index in [-0.39, 0.29) is 11.8 Å². The van der Waals surface area contributed by atoms with Crippen molar-refractivity contribution in [2.24, 2.45) is 0 Å². The number of hydrogen-bond donors (Lipinski definition) is 0. The van der Waals surface area contributed by atoms with Crippen LogP contribution in [0.5, 0.6) is 0 Å². The van der Waals surface area contributed by atoms with Crippen molar-refractivity contribution in [3.8, 4) is 5.82 Å². The molecule has 1 amide bonds. The minimum Gasteiger partial charge on any atom is -0.337 e. The number of hydrogen-bond acceptors (Lipinski definition) is 5. The van der Waals surface area contributed by atoms with Crippen LogP contribution in [0, 0.1) is 6.92 Å². The summed E-state index contributed by atoms with van der Waals surface area (Å²) in [7, 11) is 0. The minimum absolute atomic E-state index is 0.0654. The fourth-order valence-electron chi connectivity index (χ4n) is 3.40. The zero-order chi connectivity index (χ0) is 17.9. The van der Waals surface area contributed by atoms with Gasteiger partial charge in [0, 0.05) is 49.5 Å². The molecule has 7 heteroatoms. The molecular formula is C19H20N6O. The van der Waals surface area contributed by atoms with Crippen molar-refractivity contribution < 1.29 is 4.79 Å². The highest BCUT2D eigenvalue weighted by Gasteiger charge is 2.27. The summed E-state index contributed by atoms with van der Waals surface area (Å²) in [6.45, 7) is 3.34. The maximum absolute atomic E-state index is 12.7. The van der Waals surface area contributed by atoms with Gasteiger partial charge in [0.1, 0.15) is 17.3 Å². The molecule has 1 saturated heterocycles. The SMILES string of the molecule is Cc1nccn1-c1cccc([C@@H]2CCCN(C(=O)c3cnccn3)C2)n1. The molecule has 0 bridgehead atoms. The van der Waals surface area contributed by atoms with Crippen LogP contribution >= 0.6 is 0 Å². The Kier molecular flexibility index (Phi) is 4.43. The Balaban J connectivity index is 1.55. The number of carbonyl (C=O) groups excluding carboxylic acids is 1. The maximum Gasteiger partial charge on any atom is 0.274 e. The number of aryl methyl sites for hydroxylation is 1. The monoisotopic (exact) mass is 348 g/mol. The predicted octanol–water partition coefficient (Wildman–Crippen LogP) is 2.39. The lowest BCUT2D eigenvalue weighted by Crippen LogP contribution is -2.39. The van der Waals surface area contributed by atoms with Gasteiger partial charge in [0.2, 0.25) is 0 Å². The molecule has 1 aliphatic rings. The maximum atomic E-state index is 12.7. The normalized spacial score (nSPS) is 17.3. The van der Waals surface area contributed by atoms with E-state index in [0.29, 0.717) is 12.2 Å². The van der Waals surface area contributed by atoms with Crippen LogP contribution in [0.15, 0.2) is 49.2 Å². The summed E-state index contributed by atoms with van der Waals surface area (Å²) in [5.74, 6) is 1.91. The molecule has 3 aromatic heterocycles. The van der Waals surface area contributed by atoms with Crippen LogP contribution in [0.25, 0.3) is 5.82 Å². The number of nitrogens with zero attached hydrogens (tertiary/aromatic N) is 6. The Morgan fingerprint density at radius 1 is 1.19 bits per heavy atom. The molecule has 7 nitrogen and oxygen atoms in total. The van der Waals surface area contributed by atoms with Gasteiger partial charge in [-0.05, 0) is 31.9 Å². The van der Waals surface area contributed by atoms with Gasteiger partial charge in [0.15, 0.2) is 0 Å². The zero-order valence-corrected chi connectivity index (χ0v) is 14.6. The second-order valence-electron chi connectivity index (χ2n) is 6.45. The smallest absolute Gasteiger partial charge is 0.274 e. The van der Waals surface area contributed by atoms with E-state index in [9.17, 15) is 4.79 Å². The average Bonchev–Trinajstić information content (AvgIpc) is 3.14. The quantitative estimate of drug-likeness (QED) is 0.726. The van der Waals surface area contributed by atoms with Gasteiger partial charge in [-0.15, -0.1) is 0 Å². The molecule has 1 fully saturated rings. The standard InChI is InChI=1S/C19H20N6O/c1-14-21-9-11-25(14)18-6-2-5-16(23-18)15-4-3-10-24(13-15)19(26)17-12-20-7-8-22-17/h2,5-9,11-12,15H,3-4,10,13H2,1H3/t15-/m1/s1. The summed E-state index contributed by atoms with van der Waals surface area (Å²) in [5, 5.41) is 0. The van der Waals surface area contributed by atoms with Gasteiger partial charge in [0.05, 0.1) is 6.20 Å². The number of piperidine rings is 1. The van der Waals surface area contributed by atoms with Crippen LogP contribution in [0.1, 0.15) is 40.8 Å². The van der Waals surface area contributed by atoms with Crippen molar-refractivity contribution in [2.45, 2.75) is 25.7 Å². The molecule has 0 aromatic carbocycles. The van der Waals surface area contributed by atoms with E-state index in [0.717, 1.165) is 36.7 Å². The van der Waals surface area contributed by atoms with E-state index in [2.05, 4.69) is 15.0 Å². The van der Waals surface area contributed by atoms with Crippen LogP contribution in [0.2, 0.25) is 0 Å². The van der Waals surface area contributed by atoms with E-state index < -0.39 is 0 Å². The summed E-state index contributed by atoms with van der Waals surface area (Å²) in [6, 6.07) is 6.03. The van der Waals surface area contributed by atoms with Crippen molar-refractivity contribution in [3.05, 3.63) is 66.4 Å². The number of imidazole rings is 1. The van der Waals surface area contributed by atoms with Gasteiger partial charge < -0.3 is 4.90 Å². The average molecular weight is 348 g/mol. The zero-order valence-electron chi connectivity index (χ0n) is 14.6. The molecule has 0 N–H and O–H groups in total. The first-order valence-electron chi connectivity index (χ1n) is 8.75. The number of rotatable bonds is 3. The van der Waals surface area contributed by atoms with E-state index >= 15 is 0 Å². The molecule has 0 unspecified atom stereocenters. The Morgan fingerprint density at radius 2 is 2.12 bits per heavy atom. The van der Waals surface area contributed by atoms with Crippen LogP contribution in [-0.2, 0) is 0 Å². The summed E-state index contributed by atoms with van der Waals surface area (Å²) < 4.78 is 1.97. The molecule has 3 aromatic rings. The predicted molar refractivity (Wildman–Crippen MR) is 96.0 cm³/mol. The second kappa shape index (κ2) is 7.03. The highest BCUT2D eigenvalue weighted by molar-refractivity contribution is 5.92. The van der Waals surface area contributed by atoms with Crippen molar-refractivity contribution in [2.75, 3.05) is 13.1 Å². The van der Waals surface area contributed by atoms with Crippen molar-refractivity contribution in [1.29, 1.82) is 0 Å². The Bertz CT molecular complexity index is 907. The van der Waals surface area contributed by atoms with Gasteiger partial charge in [-0.25, -0.2) is 15.0 Å². The molecule has 0 radical (unpaired) electrons. The number of likely N-dealkylation sites (tertiary alicyclic amines) is 1. The van der Waals surface area contributed by atoms with Crippen molar-refractivity contribution >= 4 is 5.91 Å². The molecule has 4 rings (SSSR count). The van der Waals surface area contributed by atoms with Gasteiger partial charge in [-0.1, -0.05) is 6.07 Å². The summed E-state index contributed by atoms with van der Waals surface area (Å²) in [6.07, 6.45) is 10.3. The molecule has 0 spiro atoms. The fraction of sp³-hybridized carbons (Fsp3) is 0.316. The third-order valence-corrected chi connectivity index (χ3v) is 4.74. The number of amides is 1. The Labute approximate surface area is 151 Å². The fourth-order valence-corrected chi connectivity index (χ4v) is 3.40. The van der Waals surface area contributed by atoms with Crippen LogP contribution in [0.4, 0.5) is 0 Å².